The number of benzene rings is 3. The van der Waals surface area contributed by atoms with Crippen molar-refractivity contribution in [2.75, 3.05) is 37.5 Å². The lowest BCUT2D eigenvalue weighted by atomic mass is 10.1. The highest BCUT2D eigenvalue weighted by Gasteiger charge is 2.48. The summed E-state index contributed by atoms with van der Waals surface area (Å²) in [7, 11) is -9.08. The fraction of sp³-hybridized carbons (Fsp3) is 0.410. The summed E-state index contributed by atoms with van der Waals surface area (Å²) >= 11 is 0. The highest BCUT2D eigenvalue weighted by Crippen LogP contribution is 2.56. The predicted molar refractivity (Wildman–Crippen MR) is 319 cm³/mol. The van der Waals surface area contributed by atoms with E-state index >= 15 is 9.13 Å². The van der Waals surface area contributed by atoms with Crippen molar-refractivity contribution in [2.24, 2.45) is 0 Å². The minimum absolute atomic E-state index is 0.0617. The van der Waals surface area contributed by atoms with E-state index in [0.29, 0.717) is 39.2 Å². The van der Waals surface area contributed by atoms with Gasteiger partial charge in [0.15, 0.2) is 0 Å². The summed E-state index contributed by atoms with van der Waals surface area (Å²) in [4.78, 5) is 104. The second kappa shape index (κ2) is 29.9. The molecular weight excluding hydrogens is 1210 g/mol. The maximum absolute atomic E-state index is 15.3. The molecule has 3 aliphatic heterocycles. The summed E-state index contributed by atoms with van der Waals surface area (Å²) in [6.07, 6.45) is -9.37. The Morgan fingerprint density at radius 1 is 0.600 bits per heavy atom. The molecule has 0 spiro atoms. The molecule has 11 atom stereocenters. The minimum atomic E-state index is -4.56. The standard InChI is InChI=1S/C61H65N9O18P2/c1-38-33-69(60(76)66-56(38)42-16-8-5-9-17-42)53-30-45(86-55(73)23-22-40(3)71)49(84-53)36-81-89(78,28-14-25-62)88-47-32-54(70-34-39(2)57(67-61(70)77)43-18-10-6-11-19-43)85-50(47)37-82-90(79,29-15-26-63)87-46-31-52(83-48(46)35-80-41(4)72)68-27-24-51(65-59(68)75)64-58(74)44-20-12-7-13-21-44/h5-13,16-21,24,27,33-34,45-50,52-54H,14-15,22-23,28-32,35-37H2,1-4H3,(H,64,65,74,75)/t45-,46-,47-,48+,49+,50+,52+,53+,54+,89?,90?/m0/s1. The molecule has 3 aromatic carbocycles. The summed E-state index contributed by atoms with van der Waals surface area (Å²) in [5.41, 5.74) is 1.40. The first kappa shape index (κ1) is 66.0. The lowest BCUT2D eigenvalue weighted by molar-refractivity contribution is -0.153. The molecule has 2 unspecified atom stereocenters. The summed E-state index contributed by atoms with van der Waals surface area (Å²) in [6.45, 7) is 4.23. The van der Waals surface area contributed by atoms with Gasteiger partial charge < -0.3 is 51.9 Å². The van der Waals surface area contributed by atoms with Crippen LogP contribution in [0.1, 0.15) is 99.0 Å². The van der Waals surface area contributed by atoms with Gasteiger partial charge in [-0.05, 0) is 50.1 Å². The quantitative estimate of drug-likeness (QED) is 0.0381. The zero-order valence-corrected chi connectivity index (χ0v) is 51.3. The van der Waals surface area contributed by atoms with Gasteiger partial charge >= 0.3 is 44.2 Å². The Morgan fingerprint density at radius 3 is 1.51 bits per heavy atom. The number of amides is 1. The van der Waals surface area contributed by atoms with Crippen molar-refractivity contribution >= 4 is 44.6 Å². The number of anilines is 1. The van der Waals surface area contributed by atoms with Crippen molar-refractivity contribution in [1.29, 1.82) is 10.5 Å². The van der Waals surface area contributed by atoms with E-state index in [-0.39, 0.29) is 56.5 Å². The molecule has 3 saturated heterocycles. The van der Waals surface area contributed by atoms with Crippen LogP contribution in [0.25, 0.3) is 22.5 Å². The Labute approximate surface area is 515 Å². The van der Waals surface area contributed by atoms with Crippen LogP contribution in [0.15, 0.2) is 130 Å². The maximum atomic E-state index is 15.3. The van der Waals surface area contributed by atoms with E-state index in [0.717, 1.165) is 11.5 Å². The van der Waals surface area contributed by atoms with E-state index in [1.807, 2.05) is 24.3 Å². The molecule has 0 radical (unpaired) electrons. The number of ketones is 1. The number of aryl methyl sites for hydroxylation is 2. The van der Waals surface area contributed by atoms with Gasteiger partial charge in [-0.2, -0.15) is 25.5 Å². The van der Waals surface area contributed by atoms with Gasteiger partial charge in [-0.1, -0.05) is 78.9 Å². The molecule has 9 rings (SSSR count). The van der Waals surface area contributed by atoms with E-state index in [4.69, 9.17) is 41.8 Å². The molecular formula is C61H65N9O18P2. The summed E-state index contributed by atoms with van der Waals surface area (Å²) in [5.74, 6) is -2.30. The molecule has 1 amide bonds. The van der Waals surface area contributed by atoms with Crippen molar-refractivity contribution in [3.8, 4) is 34.7 Å². The molecule has 27 nitrogen and oxygen atoms in total. The normalized spacial score (nSPS) is 22.5. The van der Waals surface area contributed by atoms with Gasteiger partial charge in [-0.15, -0.1) is 0 Å². The third kappa shape index (κ3) is 16.9. The molecule has 0 saturated carbocycles. The van der Waals surface area contributed by atoms with Crippen LogP contribution in [0.5, 0.6) is 0 Å². The second-order valence-electron chi connectivity index (χ2n) is 21.5. The van der Waals surface area contributed by atoms with Crippen LogP contribution < -0.4 is 22.4 Å². The van der Waals surface area contributed by atoms with E-state index < -0.39 is 138 Å². The molecule has 1 N–H and O–H groups in total. The molecule has 472 valence electrons. The molecule has 0 bridgehead atoms. The Morgan fingerprint density at radius 2 is 1.04 bits per heavy atom. The SMILES string of the molecule is CC(=O)CCC(=O)O[C@H]1C[C@H](n2cc(C)c(-c3ccccc3)nc2=O)O[C@@H]1COP(=O)(CCC#N)O[C@H]1C[C@H](n2cc(C)c(-c3ccccc3)nc2=O)O[C@@H]1COP(=O)(CCC#N)O[C@H]1C[C@H](n2ccc(NC(=O)c3ccccc3)nc2=O)O[C@@H]1COC(C)=O. The molecule has 3 aliphatic rings. The summed E-state index contributed by atoms with van der Waals surface area (Å²) < 4.78 is 89.1. The van der Waals surface area contributed by atoms with Crippen molar-refractivity contribution < 1.29 is 70.1 Å². The number of nitriles is 2. The average Bonchev–Trinajstić information content (AvgIpc) is 1.61. The van der Waals surface area contributed by atoms with Gasteiger partial charge in [0.2, 0.25) is 0 Å². The van der Waals surface area contributed by atoms with Crippen LogP contribution in [-0.4, -0.2) is 121 Å². The third-order valence-electron chi connectivity index (χ3n) is 14.8. The average molecular weight is 1270 g/mol. The highest BCUT2D eigenvalue weighted by molar-refractivity contribution is 7.54. The molecule has 6 aromatic rings. The second-order valence-corrected chi connectivity index (χ2v) is 25.7. The van der Waals surface area contributed by atoms with Crippen LogP contribution >= 0.6 is 15.2 Å². The number of hydrogen-bond acceptors (Lipinski definition) is 23. The molecule has 6 heterocycles. The van der Waals surface area contributed by atoms with Gasteiger partial charge in [0.25, 0.3) is 5.91 Å². The number of aromatic nitrogens is 6. The molecule has 3 aromatic heterocycles. The highest BCUT2D eigenvalue weighted by atomic mass is 31.2. The first-order chi connectivity index (χ1) is 43.2. The van der Waals surface area contributed by atoms with Gasteiger partial charge in [0.05, 0.1) is 61.6 Å². The lowest BCUT2D eigenvalue weighted by Crippen LogP contribution is -2.33. The fourth-order valence-electron chi connectivity index (χ4n) is 10.4. The number of ether oxygens (including phenoxy) is 5. The van der Waals surface area contributed by atoms with Crippen molar-refractivity contribution in [3.05, 3.63) is 164 Å². The molecule has 29 heteroatoms. The Bertz CT molecular complexity index is 3950. The molecule has 0 aliphatic carbocycles. The number of Topliss-reactive ketones (excluding diaryl/α,β-unsaturated/α-hetero) is 1. The Balaban J connectivity index is 0.981. The van der Waals surface area contributed by atoms with Crippen LogP contribution in [0.3, 0.4) is 0 Å². The topological polar surface area (TPSA) is 350 Å². The zero-order valence-electron chi connectivity index (χ0n) is 49.5. The first-order valence-electron chi connectivity index (χ1n) is 28.8. The number of hydrogen-bond donors (Lipinski definition) is 1. The largest absolute Gasteiger partial charge is 0.463 e. The monoisotopic (exact) mass is 1270 g/mol. The van der Waals surface area contributed by atoms with E-state index in [9.17, 15) is 44.1 Å². The molecule has 90 heavy (non-hydrogen) atoms. The van der Waals surface area contributed by atoms with Crippen LogP contribution in [0.4, 0.5) is 5.82 Å². The zero-order chi connectivity index (χ0) is 64.1. The minimum Gasteiger partial charge on any atom is -0.463 e. The maximum Gasteiger partial charge on any atom is 0.351 e. The Hall–Kier alpha value is -8.46. The van der Waals surface area contributed by atoms with Gasteiger partial charge in [-0.25, -0.2) is 14.4 Å². The number of carbonyl (C=O) groups is 4. The van der Waals surface area contributed by atoms with E-state index in [2.05, 4.69) is 20.3 Å². The van der Waals surface area contributed by atoms with Gasteiger partial charge in [-0.3, -0.25) is 37.2 Å². The number of carbonyl (C=O) groups excluding carboxylic acids is 4. The number of rotatable bonds is 27. The smallest absolute Gasteiger partial charge is 0.351 e. The van der Waals surface area contributed by atoms with Crippen molar-refractivity contribution in [2.45, 2.75) is 128 Å². The lowest BCUT2D eigenvalue weighted by Gasteiger charge is -2.28. The third-order valence-corrected chi connectivity index (χ3v) is 18.6. The predicted octanol–water partition coefficient (Wildman–Crippen LogP) is 7.68. The van der Waals surface area contributed by atoms with E-state index in [1.54, 1.807) is 98.9 Å². The van der Waals surface area contributed by atoms with Crippen LogP contribution in [0, 0.1) is 36.5 Å². The van der Waals surface area contributed by atoms with Crippen LogP contribution in [0.2, 0.25) is 0 Å². The van der Waals surface area contributed by atoms with E-state index in [1.165, 1.54) is 34.5 Å². The van der Waals surface area contributed by atoms with Gasteiger partial charge in [0.1, 0.15) is 67.4 Å². The molecule has 3 fully saturated rings. The Kier molecular flexibility index (Phi) is 21.9. The van der Waals surface area contributed by atoms with Crippen LogP contribution in [-0.2, 0) is 65.3 Å². The number of nitrogens with zero attached hydrogens (tertiary/aromatic N) is 8. The number of esters is 2. The van der Waals surface area contributed by atoms with Gasteiger partial charge in [0, 0.05) is 80.7 Å². The first-order valence-corrected chi connectivity index (χ1v) is 32.3. The number of nitrogens with one attached hydrogen (secondary N) is 1. The van der Waals surface area contributed by atoms with Crippen molar-refractivity contribution in [3.63, 3.8) is 0 Å². The summed E-state index contributed by atoms with van der Waals surface area (Å²) in [6, 6.07) is 31.5. The fourth-order valence-corrected chi connectivity index (χ4v) is 13.7. The van der Waals surface area contributed by atoms with Crippen molar-refractivity contribution in [1.82, 2.24) is 28.7 Å². The summed E-state index contributed by atoms with van der Waals surface area (Å²) in [5, 5.41) is 22.2.